The molecular weight excluding hydrogens is 426 g/mol. The van der Waals surface area contributed by atoms with Crippen LogP contribution in [0.3, 0.4) is 0 Å². The topological polar surface area (TPSA) is 138 Å². The number of carbonyl (C=O) groups excluding carboxylic acids is 2. The Morgan fingerprint density at radius 3 is 2.00 bits per heavy atom. The Morgan fingerprint density at radius 1 is 1.00 bits per heavy atom. The number of benzene rings is 1. The Morgan fingerprint density at radius 2 is 1.55 bits per heavy atom. The van der Waals surface area contributed by atoms with Gasteiger partial charge in [-0.25, -0.2) is 18.0 Å². The predicted octanol–water partition coefficient (Wildman–Crippen LogP) is 2.48. The molecule has 0 spiro atoms. The molecule has 0 unspecified atom stereocenters. The lowest BCUT2D eigenvalue weighted by Gasteiger charge is -2.30. The van der Waals surface area contributed by atoms with Crippen LogP contribution in [0.4, 0.5) is 0 Å². The molecule has 0 saturated heterocycles. The number of esters is 2. The number of hydrogen-bond acceptors (Lipinski definition) is 9. The molecule has 1 N–H and O–H groups in total. The number of aromatic nitrogens is 2. The van der Waals surface area contributed by atoms with Crippen molar-refractivity contribution in [2.24, 2.45) is 0 Å². The van der Waals surface area contributed by atoms with Gasteiger partial charge in [-0.3, -0.25) is 0 Å². The Balaban J connectivity index is 2.08. The highest BCUT2D eigenvalue weighted by Gasteiger charge is 2.41. The summed E-state index contributed by atoms with van der Waals surface area (Å²) in [7, 11) is -1.86. The lowest BCUT2D eigenvalue weighted by atomic mass is 9.91. The van der Waals surface area contributed by atoms with E-state index in [9.17, 15) is 18.0 Å². The molecule has 0 radical (unpaired) electrons. The van der Waals surface area contributed by atoms with Crippen molar-refractivity contribution in [1.29, 1.82) is 0 Å². The van der Waals surface area contributed by atoms with E-state index in [0.29, 0.717) is 18.7 Å². The number of nitrogens with zero attached hydrogens (tertiary/aromatic N) is 2. The van der Waals surface area contributed by atoms with E-state index in [2.05, 4.69) is 14.9 Å². The molecule has 1 aliphatic rings. The highest BCUT2D eigenvalue weighted by atomic mass is 32.2. The van der Waals surface area contributed by atoms with E-state index in [0.717, 1.165) is 37.8 Å². The maximum atomic E-state index is 13.4. The Labute approximate surface area is 180 Å². The number of aryl methyl sites for hydroxylation is 1. The number of carbonyl (C=O) groups is 2. The highest BCUT2D eigenvalue weighted by Crippen LogP contribution is 2.36. The number of rotatable bonds is 6. The van der Waals surface area contributed by atoms with E-state index in [1.54, 1.807) is 6.92 Å². The molecule has 0 bridgehead atoms. The molecule has 11 heteroatoms. The van der Waals surface area contributed by atoms with Crippen LogP contribution in [0, 0.1) is 6.92 Å². The molecular formula is C20H25N3O7S. The molecule has 1 fully saturated rings. The predicted molar refractivity (Wildman–Crippen MR) is 108 cm³/mol. The van der Waals surface area contributed by atoms with Gasteiger partial charge in [0, 0.05) is 6.92 Å². The van der Waals surface area contributed by atoms with Crippen molar-refractivity contribution >= 4 is 22.0 Å². The minimum absolute atomic E-state index is 0.0869. The third-order valence-corrected chi connectivity index (χ3v) is 6.82. The average molecular weight is 452 g/mol. The maximum absolute atomic E-state index is 13.4. The fourth-order valence-electron chi connectivity index (χ4n) is 3.74. The fraction of sp³-hybridized carbons (Fsp3) is 0.500. The van der Waals surface area contributed by atoms with Crippen molar-refractivity contribution < 1.29 is 32.0 Å². The zero-order chi connectivity index (χ0) is 22.6. The molecule has 3 rings (SSSR count). The Kier molecular flexibility index (Phi) is 6.75. The van der Waals surface area contributed by atoms with Gasteiger partial charge in [-0.1, -0.05) is 30.8 Å². The first-order valence-corrected chi connectivity index (χ1v) is 11.4. The molecule has 168 valence electrons. The monoisotopic (exact) mass is 451 g/mol. The number of methoxy groups -OCH3 is 2. The van der Waals surface area contributed by atoms with Crippen LogP contribution in [0.25, 0.3) is 0 Å². The summed E-state index contributed by atoms with van der Waals surface area (Å²) in [5.74, 6) is -0.952. The van der Waals surface area contributed by atoms with E-state index in [-0.39, 0.29) is 21.8 Å². The number of hydrogen-bond donors (Lipinski definition) is 1. The first-order chi connectivity index (χ1) is 14.7. The molecule has 0 aliphatic heterocycles. The third-order valence-electron chi connectivity index (χ3n) is 5.30. The van der Waals surface area contributed by atoms with Crippen LogP contribution >= 0.6 is 0 Å². The van der Waals surface area contributed by atoms with Crippen molar-refractivity contribution in [3.8, 4) is 0 Å². The fourth-order valence-corrected chi connectivity index (χ4v) is 5.23. The van der Waals surface area contributed by atoms with Crippen LogP contribution in [0.5, 0.6) is 0 Å². The number of nitrogens with one attached hydrogen (secondary N) is 1. The molecule has 1 aromatic heterocycles. The summed E-state index contributed by atoms with van der Waals surface area (Å²) in [6.45, 7) is 1.64. The quantitative estimate of drug-likeness (QED) is 0.518. The van der Waals surface area contributed by atoms with Gasteiger partial charge < -0.3 is 14.0 Å². The lowest BCUT2D eigenvalue weighted by Crippen LogP contribution is -2.46. The lowest BCUT2D eigenvalue weighted by molar-refractivity contribution is 0.0598. The van der Waals surface area contributed by atoms with Crippen LogP contribution in [0.15, 0.2) is 27.6 Å². The van der Waals surface area contributed by atoms with Gasteiger partial charge in [0.05, 0.1) is 35.8 Å². The van der Waals surface area contributed by atoms with Gasteiger partial charge in [-0.15, -0.1) is 0 Å². The SMILES string of the molecule is COC(=O)c1cc(C(=O)OC)cc(S(=O)(=O)NC2(c3noc(C)n3)CCCCCC2)c1. The minimum atomic E-state index is -4.19. The molecule has 31 heavy (non-hydrogen) atoms. The van der Waals surface area contributed by atoms with Crippen molar-refractivity contribution in [3.05, 3.63) is 41.0 Å². The molecule has 0 atom stereocenters. The molecule has 1 heterocycles. The molecule has 1 aromatic carbocycles. The number of sulfonamides is 1. The summed E-state index contributed by atoms with van der Waals surface area (Å²) in [6, 6.07) is 3.54. The van der Waals surface area contributed by atoms with Crippen LogP contribution in [-0.4, -0.2) is 44.7 Å². The van der Waals surface area contributed by atoms with Crippen LogP contribution in [0.1, 0.15) is 71.0 Å². The second kappa shape index (κ2) is 9.15. The highest BCUT2D eigenvalue weighted by molar-refractivity contribution is 7.89. The smallest absolute Gasteiger partial charge is 0.337 e. The van der Waals surface area contributed by atoms with Crippen molar-refractivity contribution in [2.45, 2.75) is 55.9 Å². The second-order valence-corrected chi connectivity index (χ2v) is 9.15. The Hall–Kier alpha value is -2.79. The van der Waals surface area contributed by atoms with Gasteiger partial charge in [0.2, 0.25) is 15.9 Å². The van der Waals surface area contributed by atoms with Crippen LogP contribution < -0.4 is 4.72 Å². The standard InChI is InChI=1S/C20H25N3O7S/c1-13-21-19(22-30-13)20(8-6-4-5-7-9-20)23-31(26,27)16-11-14(17(24)28-2)10-15(12-16)18(25)29-3/h10-12,23H,4-9H2,1-3H3. The second-order valence-electron chi connectivity index (χ2n) is 7.47. The van der Waals surface area contributed by atoms with Crippen LogP contribution in [0.2, 0.25) is 0 Å². The zero-order valence-corrected chi connectivity index (χ0v) is 18.5. The maximum Gasteiger partial charge on any atom is 0.337 e. The van der Waals surface area contributed by atoms with E-state index >= 15 is 0 Å². The molecule has 1 saturated carbocycles. The minimum Gasteiger partial charge on any atom is -0.465 e. The summed E-state index contributed by atoms with van der Waals surface area (Å²) in [4.78, 5) is 28.1. The third kappa shape index (κ3) is 4.93. The van der Waals surface area contributed by atoms with Gasteiger partial charge in [0.25, 0.3) is 0 Å². The van der Waals surface area contributed by atoms with Gasteiger partial charge in [0.1, 0.15) is 0 Å². The zero-order valence-electron chi connectivity index (χ0n) is 17.6. The summed E-state index contributed by atoms with van der Waals surface area (Å²) in [5, 5.41) is 3.99. The first kappa shape index (κ1) is 22.9. The summed E-state index contributed by atoms with van der Waals surface area (Å²) in [6.07, 6.45) is 4.48. The van der Waals surface area contributed by atoms with E-state index < -0.39 is 27.5 Å². The summed E-state index contributed by atoms with van der Waals surface area (Å²) < 4.78 is 44.1. The van der Waals surface area contributed by atoms with Gasteiger partial charge in [-0.05, 0) is 31.0 Å². The van der Waals surface area contributed by atoms with Crippen molar-refractivity contribution in [3.63, 3.8) is 0 Å². The van der Waals surface area contributed by atoms with E-state index in [1.165, 1.54) is 20.3 Å². The molecule has 1 aliphatic carbocycles. The van der Waals surface area contributed by atoms with E-state index in [1.807, 2.05) is 0 Å². The largest absolute Gasteiger partial charge is 0.465 e. The van der Waals surface area contributed by atoms with Gasteiger partial charge >= 0.3 is 11.9 Å². The first-order valence-electron chi connectivity index (χ1n) is 9.87. The van der Waals surface area contributed by atoms with Gasteiger partial charge in [-0.2, -0.15) is 9.71 Å². The number of ether oxygens (including phenoxy) is 2. The molecule has 0 amide bonds. The molecule has 2 aromatic rings. The van der Waals surface area contributed by atoms with Crippen LogP contribution in [-0.2, 0) is 25.0 Å². The summed E-state index contributed by atoms with van der Waals surface area (Å²) >= 11 is 0. The average Bonchev–Trinajstić information content (AvgIpc) is 3.07. The van der Waals surface area contributed by atoms with Crippen molar-refractivity contribution in [2.75, 3.05) is 14.2 Å². The Bertz CT molecular complexity index is 1040. The molecule has 10 nitrogen and oxygen atoms in total. The van der Waals surface area contributed by atoms with Crippen molar-refractivity contribution in [1.82, 2.24) is 14.9 Å². The van der Waals surface area contributed by atoms with Gasteiger partial charge in [0.15, 0.2) is 5.82 Å². The summed E-state index contributed by atoms with van der Waals surface area (Å²) in [5.41, 5.74) is -1.23. The normalized spacial score (nSPS) is 16.4. The van der Waals surface area contributed by atoms with E-state index in [4.69, 9.17) is 14.0 Å².